The van der Waals surface area contributed by atoms with Crippen LogP contribution in [0.1, 0.15) is 34.9 Å². The van der Waals surface area contributed by atoms with Gasteiger partial charge in [0.05, 0.1) is 10.7 Å². The van der Waals surface area contributed by atoms with Crippen LogP contribution in [0, 0.1) is 5.82 Å². The second kappa shape index (κ2) is 10.3. The Hall–Kier alpha value is -1.63. The summed E-state index contributed by atoms with van der Waals surface area (Å²) in [6.07, 6.45) is 2.54. The molecule has 2 N–H and O–H groups in total. The molecule has 0 spiro atoms. The van der Waals surface area contributed by atoms with Crippen molar-refractivity contribution in [2.24, 2.45) is 0 Å². The highest BCUT2D eigenvalue weighted by molar-refractivity contribution is 7.84. The van der Waals surface area contributed by atoms with Gasteiger partial charge >= 0.3 is 10.3 Å². The number of rotatable bonds is 9. The number of aromatic nitrogens is 1. The molecule has 2 aromatic rings. The molecule has 1 aliphatic rings. The van der Waals surface area contributed by atoms with Crippen molar-refractivity contribution in [1.82, 2.24) is 14.6 Å². The number of carbonyl (C=O) groups excluding carboxylic acids is 1. The first kappa shape index (κ1) is 24.0. The number of likely N-dealkylation sites (N-methyl/N-ethyl adjacent to an activating group) is 1. The fourth-order valence-corrected chi connectivity index (χ4v) is 5.31. The van der Waals surface area contributed by atoms with Crippen LogP contribution in [-0.2, 0) is 25.7 Å². The minimum Gasteiger partial charge on any atom is -0.308 e. The van der Waals surface area contributed by atoms with Gasteiger partial charge in [-0.05, 0) is 51.1 Å². The van der Waals surface area contributed by atoms with Crippen molar-refractivity contribution in [3.8, 4) is 0 Å². The van der Waals surface area contributed by atoms with Crippen LogP contribution in [-0.4, -0.2) is 58.0 Å². The summed E-state index contributed by atoms with van der Waals surface area (Å²) < 4.78 is 44.1. The normalized spacial score (nSPS) is 16.4. The van der Waals surface area contributed by atoms with Crippen molar-refractivity contribution in [2.75, 3.05) is 39.1 Å². The molecule has 1 atom stereocenters. The quantitative estimate of drug-likeness (QED) is 0.560. The second-order valence-corrected chi connectivity index (χ2v) is 10.3. The average molecular weight is 491 g/mol. The van der Waals surface area contributed by atoms with E-state index in [1.807, 2.05) is 19.0 Å². The van der Waals surface area contributed by atoms with Crippen LogP contribution >= 0.6 is 22.9 Å². The number of nitrogens with zero attached hydrogens (tertiary/aromatic N) is 2. The van der Waals surface area contributed by atoms with Crippen molar-refractivity contribution >= 4 is 44.3 Å². The Balaban J connectivity index is 1.61. The summed E-state index contributed by atoms with van der Waals surface area (Å²) in [7, 11) is -0.395. The molecule has 1 unspecified atom stereocenters. The van der Waals surface area contributed by atoms with E-state index >= 15 is 0 Å². The Morgan fingerprint density at radius 3 is 2.90 bits per heavy atom. The summed E-state index contributed by atoms with van der Waals surface area (Å²) in [4.78, 5) is 19.4. The van der Waals surface area contributed by atoms with E-state index in [2.05, 4.69) is 15.0 Å². The van der Waals surface area contributed by atoms with Crippen LogP contribution in [0.5, 0.6) is 0 Å². The smallest absolute Gasteiger partial charge is 0.308 e. The highest BCUT2D eigenvalue weighted by Crippen LogP contribution is 2.42. The van der Waals surface area contributed by atoms with Crippen LogP contribution in [0.15, 0.2) is 18.2 Å². The predicted octanol–water partition coefficient (Wildman–Crippen LogP) is 2.75. The summed E-state index contributed by atoms with van der Waals surface area (Å²) in [5.41, 5.74) is 1.77. The van der Waals surface area contributed by atoms with Crippen LogP contribution < -0.4 is 10.0 Å². The molecule has 1 amide bonds. The zero-order valence-corrected chi connectivity index (χ0v) is 19.5. The van der Waals surface area contributed by atoms with Crippen molar-refractivity contribution < 1.29 is 21.8 Å². The number of hydrogen-bond acceptors (Lipinski definition) is 7. The Labute approximate surface area is 190 Å². The molecule has 170 valence electrons. The van der Waals surface area contributed by atoms with Gasteiger partial charge in [0.15, 0.2) is 5.13 Å². The second-order valence-electron chi connectivity index (χ2n) is 7.41. The molecular weight excluding hydrogens is 467 g/mol. The molecule has 0 radical (unpaired) electrons. The van der Waals surface area contributed by atoms with Gasteiger partial charge in [0.25, 0.3) is 5.91 Å². The first-order valence-electron chi connectivity index (χ1n) is 9.68. The number of halogens is 2. The number of nitrogens with one attached hydrogen (secondary N) is 2. The summed E-state index contributed by atoms with van der Waals surface area (Å²) in [5.74, 6) is -1.07. The SMILES string of the molecule is CN(C)CCNS(=O)(=O)OCC(=O)Nc1nc2c(s1)C(c1ccc(F)c(Cl)c1)CCC2. The first-order valence-corrected chi connectivity index (χ1v) is 12.3. The maximum absolute atomic E-state index is 13.5. The van der Waals surface area contributed by atoms with Crippen LogP contribution in [0.3, 0.4) is 0 Å². The van der Waals surface area contributed by atoms with Crippen LogP contribution in [0.25, 0.3) is 0 Å². The highest BCUT2D eigenvalue weighted by Gasteiger charge is 2.27. The average Bonchev–Trinajstić information content (AvgIpc) is 3.10. The lowest BCUT2D eigenvalue weighted by atomic mass is 9.86. The van der Waals surface area contributed by atoms with Crippen molar-refractivity contribution in [1.29, 1.82) is 0 Å². The third kappa shape index (κ3) is 6.67. The van der Waals surface area contributed by atoms with Gasteiger partial charge in [0, 0.05) is 23.9 Å². The lowest BCUT2D eigenvalue weighted by Gasteiger charge is -2.21. The van der Waals surface area contributed by atoms with E-state index < -0.39 is 28.6 Å². The summed E-state index contributed by atoms with van der Waals surface area (Å²) in [6.45, 7) is 0.0172. The van der Waals surface area contributed by atoms with E-state index in [9.17, 15) is 17.6 Å². The van der Waals surface area contributed by atoms with E-state index in [1.54, 1.807) is 12.1 Å². The number of thiazole rings is 1. The third-order valence-electron chi connectivity index (χ3n) is 4.73. The molecule has 1 aliphatic carbocycles. The topological polar surface area (TPSA) is 101 Å². The molecule has 1 heterocycles. The molecule has 1 aromatic heterocycles. The number of anilines is 1. The van der Waals surface area contributed by atoms with E-state index in [0.717, 1.165) is 35.4 Å². The van der Waals surface area contributed by atoms with Crippen LogP contribution in [0.2, 0.25) is 5.02 Å². The van der Waals surface area contributed by atoms with Gasteiger partial charge in [0.2, 0.25) is 0 Å². The summed E-state index contributed by atoms with van der Waals surface area (Å²) in [5, 5.41) is 3.04. The van der Waals surface area contributed by atoms with Gasteiger partial charge in [0.1, 0.15) is 12.4 Å². The van der Waals surface area contributed by atoms with E-state index in [1.165, 1.54) is 17.4 Å². The largest absolute Gasteiger partial charge is 0.336 e. The number of amides is 1. The molecule has 12 heteroatoms. The Morgan fingerprint density at radius 1 is 1.42 bits per heavy atom. The maximum atomic E-state index is 13.5. The van der Waals surface area contributed by atoms with Gasteiger partial charge < -0.3 is 4.90 Å². The zero-order valence-electron chi connectivity index (χ0n) is 17.2. The van der Waals surface area contributed by atoms with Gasteiger partial charge in [-0.25, -0.2) is 13.6 Å². The Morgan fingerprint density at radius 2 is 2.19 bits per heavy atom. The summed E-state index contributed by atoms with van der Waals surface area (Å²) >= 11 is 7.26. The minimum absolute atomic E-state index is 0.0162. The highest BCUT2D eigenvalue weighted by atomic mass is 35.5. The van der Waals surface area contributed by atoms with E-state index in [-0.39, 0.29) is 17.5 Å². The molecule has 0 aliphatic heterocycles. The molecule has 0 bridgehead atoms. The monoisotopic (exact) mass is 490 g/mol. The van der Waals surface area contributed by atoms with Gasteiger partial charge in [-0.1, -0.05) is 17.7 Å². The maximum Gasteiger partial charge on any atom is 0.336 e. The molecule has 0 saturated heterocycles. The molecule has 1 aromatic carbocycles. The van der Waals surface area contributed by atoms with Crippen LogP contribution in [0.4, 0.5) is 9.52 Å². The summed E-state index contributed by atoms with van der Waals surface area (Å²) in [6, 6.07) is 4.68. The molecule has 3 rings (SSSR count). The van der Waals surface area contributed by atoms with E-state index in [0.29, 0.717) is 11.7 Å². The number of carbonyl (C=O) groups is 1. The van der Waals surface area contributed by atoms with E-state index in [4.69, 9.17) is 15.8 Å². The number of aryl methyl sites for hydroxylation is 1. The Kier molecular flexibility index (Phi) is 8.00. The van der Waals surface area contributed by atoms with Gasteiger partial charge in [-0.15, -0.1) is 11.3 Å². The molecule has 0 saturated carbocycles. The molecule has 8 nitrogen and oxygen atoms in total. The van der Waals surface area contributed by atoms with Gasteiger partial charge in [-0.2, -0.15) is 13.1 Å². The minimum atomic E-state index is -4.02. The molecular formula is C19H24ClFN4O4S2. The zero-order chi connectivity index (χ0) is 22.6. The number of benzene rings is 1. The van der Waals surface area contributed by atoms with Gasteiger partial charge in [-0.3, -0.25) is 10.1 Å². The predicted molar refractivity (Wildman–Crippen MR) is 118 cm³/mol. The van der Waals surface area contributed by atoms with Crippen molar-refractivity contribution in [3.05, 3.63) is 45.2 Å². The number of hydrogen-bond donors (Lipinski definition) is 2. The van der Waals surface area contributed by atoms with Crippen molar-refractivity contribution in [2.45, 2.75) is 25.2 Å². The third-order valence-corrected chi connectivity index (χ3v) is 7.13. The fraction of sp³-hybridized carbons (Fsp3) is 0.474. The lowest BCUT2D eigenvalue weighted by molar-refractivity contribution is -0.118. The fourth-order valence-electron chi connectivity index (χ4n) is 3.24. The molecule has 0 fully saturated rings. The Bertz CT molecular complexity index is 1050. The first-order chi connectivity index (χ1) is 14.6. The van der Waals surface area contributed by atoms with Crippen molar-refractivity contribution in [3.63, 3.8) is 0 Å². The standard InChI is InChI=1S/C19H24ClFN4O4S2/c1-25(2)9-8-22-31(27,28)29-11-17(26)24-19-23-16-5-3-4-13(18(16)30-19)12-6-7-15(21)14(20)10-12/h6-7,10,13,22H,3-5,8-9,11H2,1-2H3,(H,23,24,26). The number of fused-ring (bicyclic) bond motifs is 1. The lowest BCUT2D eigenvalue weighted by Crippen LogP contribution is -2.34. The molecule has 31 heavy (non-hydrogen) atoms.